The summed E-state index contributed by atoms with van der Waals surface area (Å²) in [5.41, 5.74) is 3.00. The number of unbranched alkanes of at least 4 members (excludes halogenated alkanes) is 1. The second-order valence-corrected chi connectivity index (χ2v) is 8.18. The van der Waals surface area contributed by atoms with E-state index in [1.165, 1.54) is 0 Å². The molecule has 2 aromatic rings. The van der Waals surface area contributed by atoms with Gasteiger partial charge >= 0.3 is 0 Å². The monoisotopic (exact) mass is 444 g/mol. The van der Waals surface area contributed by atoms with Crippen LogP contribution in [0, 0.1) is 13.8 Å². The van der Waals surface area contributed by atoms with E-state index in [4.69, 9.17) is 16.3 Å². The predicted molar refractivity (Wildman–Crippen MR) is 125 cm³/mol. The Balaban J connectivity index is 2.17. The van der Waals surface area contributed by atoms with Crippen molar-refractivity contribution in [2.45, 2.75) is 59.5 Å². The fourth-order valence-corrected chi connectivity index (χ4v) is 3.37. The highest BCUT2D eigenvalue weighted by molar-refractivity contribution is 6.31. The number of carbonyl (C=O) groups is 2. The number of nitrogens with one attached hydrogen (secondary N) is 1. The Morgan fingerprint density at radius 3 is 2.42 bits per heavy atom. The van der Waals surface area contributed by atoms with Crippen molar-refractivity contribution in [3.63, 3.8) is 0 Å². The molecule has 0 spiro atoms. The normalized spacial score (nSPS) is 11.6. The van der Waals surface area contributed by atoms with Gasteiger partial charge in [-0.2, -0.15) is 0 Å². The van der Waals surface area contributed by atoms with Crippen LogP contribution in [0.1, 0.15) is 49.8 Å². The number of benzene rings is 2. The van der Waals surface area contributed by atoms with Crippen molar-refractivity contribution < 1.29 is 14.3 Å². The summed E-state index contributed by atoms with van der Waals surface area (Å²) in [7, 11) is 0. The van der Waals surface area contributed by atoms with Crippen molar-refractivity contribution in [2.24, 2.45) is 0 Å². The van der Waals surface area contributed by atoms with Gasteiger partial charge in [-0.15, -0.1) is 0 Å². The third-order valence-electron chi connectivity index (χ3n) is 5.18. The van der Waals surface area contributed by atoms with Crippen LogP contribution in [0.15, 0.2) is 42.5 Å². The van der Waals surface area contributed by atoms with Crippen LogP contribution >= 0.6 is 11.6 Å². The number of ether oxygens (including phenoxy) is 1. The molecule has 2 aromatic carbocycles. The molecule has 0 aromatic heterocycles. The maximum atomic E-state index is 13.2. The number of halogens is 1. The molecule has 0 unspecified atom stereocenters. The molecule has 0 aliphatic heterocycles. The maximum absolute atomic E-state index is 13.2. The summed E-state index contributed by atoms with van der Waals surface area (Å²) in [5, 5.41) is 3.61. The molecule has 0 fully saturated rings. The van der Waals surface area contributed by atoms with Crippen molar-refractivity contribution in [3.05, 3.63) is 64.2 Å². The first-order valence-electron chi connectivity index (χ1n) is 10.9. The van der Waals surface area contributed by atoms with E-state index in [9.17, 15) is 9.59 Å². The summed E-state index contributed by atoms with van der Waals surface area (Å²) in [6, 6.07) is 12.7. The lowest BCUT2D eigenvalue weighted by molar-refractivity contribution is -0.143. The van der Waals surface area contributed by atoms with Gasteiger partial charge < -0.3 is 15.0 Å². The lowest BCUT2D eigenvalue weighted by Gasteiger charge is -2.30. The first-order valence-corrected chi connectivity index (χ1v) is 11.2. The summed E-state index contributed by atoms with van der Waals surface area (Å²) >= 11 is 6.07. The molecule has 0 aliphatic carbocycles. The lowest BCUT2D eigenvalue weighted by Crippen LogP contribution is -2.50. The summed E-state index contributed by atoms with van der Waals surface area (Å²) in [6.45, 7) is 8.71. The van der Waals surface area contributed by atoms with Crippen LogP contribution in [0.25, 0.3) is 0 Å². The number of amides is 2. The van der Waals surface area contributed by atoms with E-state index in [1.54, 1.807) is 23.1 Å². The van der Waals surface area contributed by atoms with Gasteiger partial charge in [-0.3, -0.25) is 9.59 Å². The molecule has 0 aliphatic rings. The minimum absolute atomic E-state index is 0.126. The Labute approximate surface area is 190 Å². The number of rotatable bonds is 11. The number of hydrogen-bond acceptors (Lipinski definition) is 3. The third kappa shape index (κ3) is 7.59. The number of hydrogen-bond donors (Lipinski definition) is 1. The van der Waals surface area contributed by atoms with Gasteiger partial charge in [0.05, 0.1) is 0 Å². The van der Waals surface area contributed by atoms with E-state index in [1.807, 2.05) is 45.0 Å². The van der Waals surface area contributed by atoms with Crippen LogP contribution in [-0.4, -0.2) is 35.9 Å². The minimum Gasteiger partial charge on any atom is -0.484 e. The number of carbonyl (C=O) groups excluding carboxylic acids is 2. The highest BCUT2D eigenvalue weighted by Crippen LogP contribution is 2.21. The first-order chi connectivity index (χ1) is 14.8. The molecule has 0 heterocycles. The van der Waals surface area contributed by atoms with Gasteiger partial charge in [0.15, 0.2) is 6.61 Å². The van der Waals surface area contributed by atoms with E-state index < -0.39 is 6.04 Å². The lowest BCUT2D eigenvalue weighted by atomic mass is 10.1. The van der Waals surface area contributed by atoms with E-state index in [2.05, 4.69) is 12.2 Å². The van der Waals surface area contributed by atoms with Crippen molar-refractivity contribution in [1.82, 2.24) is 10.2 Å². The maximum Gasteiger partial charge on any atom is 0.261 e. The second kappa shape index (κ2) is 12.4. The largest absolute Gasteiger partial charge is 0.484 e. The highest BCUT2D eigenvalue weighted by Gasteiger charge is 2.28. The molecular formula is C25H33ClN2O3. The van der Waals surface area contributed by atoms with Crippen LogP contribution in [0.4, 0.5) is 0 Å². The van der Waals surface area contributed by atoms with E-state index in [0.29, 0.717) is 30.3 Å². The first kappa shape index (κ1) is 24.7. The topological polar surface area (TPSA) is 58.6 Å². The third-order valence-corrected chi connectivity index (χ3v) is 5.60. The SMILES string of the molecule is CCCCNC(=O)[C@H](CC)N(Cc1ccc(C)cc1)C(=O)COc1ccc(Cl)c(C)c1. The zero-order valence-corrected chi connectivity index (χ0v) is 19.7. The van der Waals surface area contributed by atoms with Crippen LogP contribution in [0.5, 0.6) is 5.75 Å². The molecule has 2 rings (SSSR count). The fourth-order valence-electron chi connectivity index (χ4n) is 3.25. The number of nitrogens with zero attached hydrogens (tertiary/aromatic N) is 1. The molecule has 0 saturated carbocycles. The average Bonchev–Trinajstić information content (AvgIpc) is 2.75. The summed E-state index contributed by atoms with van der Waals surface area (Å²) in [6.07, 6.45) is 2.43. The van der Waals surface area contributed by atoms with Gasteiger partial charge in [0, 0.05) is 18.1 Å². The quantitative estimate of drug-likeness (QED) is 0.493. The van der Waals surface area contributed by atoms with Crippen LogP contribution < -0.4 is 10.1 Å². The van der Waals surface area contributed by atoms with Gasteiger partial charge in [0.2, 0.25) is 5.91 Å². The molecule has 0 saturated heterocycles. The molecule has 0 radical (unpaired) electrons. The van der Waals surface area contributed by atoms with Crippen molar-refractivity contribution in [2.75, 3.05) is 13.2 Å². The molecule has 168 valence electrons. The Bertz CT molecular complexity index is 868. The summed E-state index contributed by atoms with van der Waals surface area (Å²) < 4.78 is 5.73. The van der Waals surface area contributed by atoms with E-state index >= 15 is 0 Å². The Morgan fingerprint density at radius 1 is 1.10 bits per heavy atom. The van der Waals surface area contributed by atoms with E-state index in [-0.39, 0.29) is 18.4 Å². The fraction of sp³-hybridized carbons (Fsp3) is 0.440. The van der Waals surface area contributed by atoms with Gasteiger partial charge in [-0.1, -0.05) is 61.7 Å². The molecular weight excluding hydrogens is 412 g/mol. The summed E-state index contributed by atoms with van der Waals surface area (Å²) in [4.78, 5) is 27.6. The zero-order valence-electron chi connectivity index (χ0n) is 18.9. The van der Waals surface area contributed by atoms with Crippen LogP contribution in [0.3, 0.4) is 0 Å². The Morgan fingerprint density at radius 2 is 1.81 bits per heavy atom. The molecule has 6 heteroatoms. The van der Waals surface area contributed by atoms with Gasteiger partial charge in [-0.05, 0) is 56.0 Å². The average molecular weight is 445 g/mol. The van der Waals surface area contributed by atoms with Crippen LogP contribution in [-0.2, 0) is 16.1 Å². The molecule has 31 heavy (non-hydrogen) atoms. The van der Waals surface area contributed by atoms with Crippen LogP contribution in [0.2, 0.25) is 5.02 Å². The Kier molecular flexibility index (Phi) is 9.86. The molecule has 5 nitrogen and oxygen atoms in total. The molecule has 0 bridgehead atoms. The van der Waals surface area contributed by atoms with Gasteiger partial charge in [0.1, 0.15) is 11.8 Å². The molecule has 1 N–H and O–H groups in total. The zero-order chi connectivity index (χ0) is 22.8. The Hall–Kier alpha value is -2.53. The standard InChI is InChI=1S/C25H33ClN2O3/c1-5-7-14-27-25(30)23(6-2)28(16-20-10-8-18(3)9-11-20)24(29)17-31-21-12-13-22(26)19(4)15-21/h8-13,15,23H,5-7,14,16-17H2,1-4H3,(H,27,30)/t23-/m0/s1. The summed E-state index contributed by atoms with van der Waals surface area (Å²) in [5.74, 6) is 0.218. The van der Waals surface area contributed by atoms with Gasteiger partial charge in [0.25, 0.3) is 5.91 Å². The van der Waals surface area contributed by atoms with E-state index in [0.717, 1.165) is 29.5 Å². The van der Waals surface area contributed by atoms with Crippen molar-refractivity contribution in [1.29, 1.82) is 0 Å². The molecule has 1 atom stereocenters. The minimum atomic E-state index is -0.554. The highest BCUT2D eigenvalue weighted by atomic mass is 35.5. The smallest absolute Gasteiger partial charge is 0.261 e. The van der Waals surface area contributed by atoms with Gasteiger partial charge in [-0.25, -0.2) is 0 Å². The predicted octanol–water partition coefficient (Wildman–Crippen LogP) is 5.06. The second-order valence-electron chi connectivity index (χ2n) is 7.78. The number of aryl methyl sites for hydroxylation is 2. The molecule has 2 amide bonds. The van der Waals surface area contributed by atoms with Crippen molar-refractivity contribution >= 4 is 23.4 Å². The van der Waals surface area contributed by atoms with Crippen molar-refractivity contribution in [3.8, 4) is 5.75 Å².